The third-order valence-corrected chi connectivity index (χ3v) is 3.38. The van der Waals surface area contributed by atoms with E-state index in [0.29, 0.717) is 24.4 Å². The molecule has 1 aliphatic carbocycles. The molecular formula is C13H22N4O. The Labute approximate surface area is 108 Å². The van der Waals surface area contributed by atoms with E-state index in [1.165, 1.54) is 12.8 Å². The van der Waals surface area contributed by atoms with E-state index in [1.54, 1.807) is 0 Å². The molecule has 0 radical (unpaired) electrons. The van der Waals surface area contributed by atoms with E-state index in [-0.39, 0.29) is 0 Å². The Balaban J connectivity index is 1.91. The van der Waals surface area contributed by atoms with Gasteiger partial charge in [-0.3, -0.25) is 0 Å². The van der Waals surface area contributed by atoms with Crippen molar-refractivity contribution < 1.29 is 4.74 Å². The lowest BCUT2D eigenvalue weighted by Gasteiger charge is -2.26. The van der Waals surface area contributed by atoms with Crippen molar-refractivity contribution in [3.8, 4) is 0 Å². The molecule has 0 bridgehead atoms. The summed E-state index contributed by atoms with van der Waals surface area (Å²) in [7, 11) is 0. The van der Waals surface area contributed by atoms with Crippen LogP contribution in [0.4, 0.5) is 5.82 Å². The average molecular weight is 250 g/mol. The van der Waals surface area contributed by atoms with E-state index >= 15 is 0 Å². The summed E-state index contributed by atoms with van der Waals surface area (Å²) in [5.74, 6) is 7.46. The summed E-state index contributed by atoms with van der Waals surface area (Å²) in [6.07, 6.45) is 5.23. The molecule has 2 rings (SSSR count). The van der Waals surface area contributed by atoms with Crippen LogP contribution in [-0.2, 0) is 11.3 Å². The van der Waals surface area contributed by atoms with Crippen LogP contribution in [0.3, 0.4) is 0 Å². The molecule has 18 heavy (non-hydrogen) atoms. The molecule has 0 saturated heterocycles. The van der Waals surface area contributed by atoms with Gasteiger partial charge in [-0.05, 0) is 25.7 Å². The second-order valence-corrected chi connectivity index (χ2v) is 5.16. The van der Waals surface area contributed by atoms with Gasteiger partial charge < -0.3 is 10.2 Å². The highest BCUT2D eigenvalue weighted by molar-refractivity contribution is 5.33. The van der Waals surface area contributed by atoms with Crippen molar-refractivity contribution in [3.63, 3.8) is 0 Å². The number of rotatable bonds is 4. The van der Waals surface area contributed by atoms with Crippen LogP contribution in [0.25, 0.3) is 0 Å². The molecule has 1 saturated carbocycles. The molecule has 0 aliphatic heterocycles. The van der Waals surface area contributed by atoms with Crippen molar-refractivity contribution in [2.75, 3.05) is 5.43 Å². The predicted molar refractivity (Wildman–Crippen MR) is 70.8 cm³/mol. The minimum Gasteiger partial charge on any atom is -0.370 e. The number of hydrogen-bond donors (Lipinski definition) is 2. The summed E-state index contributed by atoms with van der Waals surface area (Å²) in [5, 5.41) is 0. The van der Waals surface area contributed by atoms with Crippen LogP contribution < -0.4 is 11.3 Å². The van der Waals surface area contributed by atoms with E-state index < -0.39 is 0 Å². The van der Waals surface area contributed by atoms with Gasteiger partial charge in [0.1, 0.15) is 12.4 Å². The van der Waals surface area contributed by atoms with Gasteiger partial charge in [0, 0.05) is 11.8 Å². The van der Waals surface area contributed by atoms with Gasteiger partial charge in [-0.25, -0.2) is 15.8 Å². The van der Waals surface area contributed by atoms with Crippen molar-refractivity contribution in [1.82, 2.24) is 9.97 Å². The molecule has 3 N–H and O–H groups in total. The summed E-state index contributed by atoms with van der Waals surface area (Å²) < 4.78 is 5.90. The summed E-state index contributed by atoms with van der Waals surface area (Å²) >= 11 is 0. The van der Waals surface area contributed by atoms with Crippen molar-refractivity contribution in [2.45, 2.75) is 52.2 Å². The van der Waals surface area contributed by atoms with Gasteiger partial charge in [-0.2, -0.15) is 0 Å². The fourth-order valence-electron chi connectivity index (χ4n) is 2.49. The summed E-state index contributed by atoms with van der Waals surface area (Å²) in [6.45, 7) is 4.68. The van der Waals surface area contributed by atoms with E-state index in [9.17, 15) is 0 Å². The maximum atomic E-state index is 5.90. The molecule has 0 spiro atoms. The molecule has 100 valence electrons. The first-order valence-electron chi connectivity index (χ1n) is 6.60. The van der Waals surface area contributed by atoms with Crippen LogP contribution >= 0.6 is 0 Å². The first kappa shape index (κ1) is 13.2. The Morgan fingerprint density at radius 3 is 3.00 bits per heavy atom. The number of nitrogen functional groups attached to an aromatic ring is 1. The summed E-state index contributed by atoms with van der Waals surface area (Å²) in [4.78, 5) is 8.64. The van der Waals surface area contributed by atoms with Crippen LogP contribution in [0.5, 0.6) is 0 Å². The number of anilines is 1. The molecule has 1 aromatic heterocycles. The fraction of sp³-hybridized carbons (Fsp3) is 0.692. The quantitative estimate of drug-likeness (QED) is 0.633. The van der Waals surface area contributed by atoms with Crippen LogP contribution in [0, 0.1) is 12.8 Å². The standard InChI is InChI=1S/C13H22N4O/c1-9-4-3-5-11(6-9)18-8-13-15-10(2)7-12(16-13)17-14/h7,9,11H,3-6,8,14H2,1-2H3,(H,15,16,17). The molecule has 0 aromatic carbocycles. The van der Waals surface area contributed by atoms with Crippen LogP contribution in [-0.4, -0.2) is 16.1 Å². The third kappa shape index (κ3) is 3.65. The fourth-order valence-corrected chi connectivity index (χ4v) is 2.49. The number of aromatic nitrogens is 2. The highest BCUT2D eigenvalue weighted by atomic mass is 16.5. The Hall–Kier alpha value is -1.20. The zero-order valence-electron chi connectivity index (χ0n) is 11.1. The topological polar surface area (TPSA) is 73.1 Å². The van der Waals surface area contributed by atoms with Crippen LogP contribution in [0.1, 0.15) is 44.1 Å². The van der Waals surface area contributed by atoms with Gasteiger partial charge in [0.05, 0.1) is 6.10 Å². The SMILES string of the molecule is Cc1cc(NN)nc(COC2CCCC(C)C2)n1. The molecule has 1 aromatic rings. The summed E-state index contributed by atoms with van der Waals surface area (Å²) in [6, 6.07) is 1.81. The van der Waals surface area contributed by atoms with Gasteiger partial charge >= 0.3 is 0 Å². The van der Waals surface area contributed by atoms with Gasteiger partial charge in [0.15, 0.2) is 5.82 Å². The van der Waals surface area contributed by atoms with Gasteiger partial charge in [-0.15, -0.1) is 0 Å². The van der Waals surface area contributed by atoms with Crippen LogP contribution in [0.2, 0.25) is 0 Å². The number of hydrazine groups is 1. The zero-order chi connectivity index (χ0) is 13.0. The predicted octanol–water partition coefficient (Wildman–Crippen LogP) is 2.17. The van der Waals surface area contributed by atoms with Gasteiger partial charge in [0.25, 0.3) is 0 Å². The number of nitrogens with zero attached hydrogens (tertiary/aromatic N) is 2. The van der Waals surface area contributed by atoms with Crippen molar-refractivity contribution in [2.24, 2.45) is 11.8 Å². The second-order valence-electron chi connectivity index (χ2n) is 5.16. The molecule has 2 unspecified atom stereocenters. The first-order valence-corrected chi connectivity index (χ1v) is 6.60. The normalized spacial score (nSPS) is 23.9. The Morgan fingerprint density at radius 2 is 2.28 bits per heavy atom. The third-order valence-electron chi connectivity index (χ3n) is 3.38. The van der Waals surface area contributed by atoms with Crippen molar-refractivity contribution in [3.05, 3.63) is 17.6 Å². The lowest BCUT2D eigenvalue weighted by atomic mass is 9.89. The van der Waals surface area contributed by atoms with Gasteiger partial charge in [-0.1, -0.05) is 19.8 Å². The maximum Gasteiger partial charge on any atom is 0.156 e. The number of aryl methyl sites for hydroxylation is 1. The lowest BCUT2D eigenvalue weighted by Crippen LogP contribution is -2.22. The Bertz CT molecular complexity index is 397. The first-order chi connectivity index (χ1) is 8.67. The minimum atomic E-state index is 0.354. The molecule has 5 nitrogen and oxygen atoms in total. The largest absolute Gasteiger partial charge is 0.370 e. The molecular weight excluding hydrogens is 228 g/mol. The molecule has 1 aliphatic rings. The van der Waals surface area contributed by atoms with Gasteiger partial charge in [0.2, 0.25) is 0 Å². The van der Waals surface area contributed by atoms with Crippen molar-refractivity contribution in [1.29, 1.82) is 0 Å². The molecule has 2 atom stereocenters. The number of hydrogen-bond acceptors (Lipinski definition) is 5. The molecule has 1 fully saturated rings. The van der Waals surface area contributed by atoms with Crippen LogP contribution in [0.15, 0.2) is 6.07 Å². The van der Waals surface area contributed by atoms with E-state index in [0.717, 1.165) is 24.5 Å². The number of ether oxygens (including phenoxy) is 1. The Kier molecular flexibility index (Phi) is 4.49. The highest BCUT2D eigenvalue weighted by Crippen LogP contribution is 2.26. The smallest absolute Gasteiger partial charge is 0.156 e. The molecule has 1 heterocycles. The Morgan fingerprint density at radius 1 is 1.44 bits per heavy atom. The monoisotopic (exact) mass is 250 g/mol. The van der Waals surface area contributed by atoms with E-state index in [1.807, 2.05) is 13.0 Å². The lowest BCUT2D eigenvalue weighted by molar-refractivity contribution is 0.00161. The highest BCUT2D eigenvalue weighted by Gasteiger charge is 2.19. The average Bonchev–Trinajstić information content (AvgIpc) is 2.36. The zero-order valence-corrected chi connectivity index (χ0v) is 11.1. The van der Waals surface area contributed by atoms with Crippen molar-refractivity contribution >= 4 is 5.82 Å². The summed E-state index contributed by atoms with van der Waals surface area (Å²) in [5.41, 5.74) is 3.44. The molecule has 0 amide bonds. The molecule has 5 heteroatoms. The van der Waals surface area contributed by atoms with E-state index in [4.69, 9.17) is 10.6 Å². The number of nitrogens with two attached hydrogens (primary N) is 1. The second kappa shape index (κ2) is 6.11. The minimum absolute atomic E-state index is 0.354. The van der Waals surface area contributed by atoms with E-state index in [2.05, 4.69) is 22.3 Å². The maximum absolute atomic E-state index is 5.90. The number of nitrogens with one attached hydrogen (secondary N) is 1.